The lowest BCUT2D eigenvalue weighted by Crippen LogP contribution is -2.41. The Bertz CT molecular complexity index is 782. The van der Waals surface area contributed by atoms with Crippen LogP contribution in [0.25, 0.3) is 10.9 Å². The van der Waals surface area contributed by atoms with E-state index in [1.54, 1.807) is 19.2 Å². The number of rotatable bonds is 6. The van der Waals surface area contributed by atoms with Gasteiger partial charge in [0.2, 0.25) is 12.7 Å². The molecule has 1 aromatic heterocycles. The molecule has 0 aliphatic carbocycles. The summed E-state index contributed by atoms with van der Waals surface area (Å²) in [6.07, 6.45) is 0. The highest BCUT2D eigenvalue weighted by molar-refractivity contribution is 6.63. The van der Waals surface area contributed by atoms with Gasteiger partial charge in [0.15, 0.2) is 6.79 Å². The van der Waals surface area contributed by atoms with Crippen LogP contribution >= 0.6 is 0 Å². The molecule has 26 heavy (non-hydrogen) atoms. The largest absolute Gasteiger partial charge is 0.498 e. The minimum Gasteiger partial charge on any atom is -0.468 e. The molecule has 6 nitrogen and oxygen atoms in total. The van der Waals surface area contributed by atoms with Gasteiger partial charge in [0.1, 0.15) is 5.75 Å². The average molecular weight is 363 g/mol. The van der Waals surface area contributed by atoms with Crippen LogP contribution in [0.2, 0.25) is 0 Å². The molecule has 0 saturated carbocycles. The topological polar surface area (TPSA) is 59.0 Å². The van der Waals surface area contributed by atoms with Gasteiger partial charge in [-0.3, -0.25) is 0 Å². The van der Waals surface area contributed by atoms with Crippen molar-refractivity contribution >= 4 is 23.5 Å². The normalized spacial score (nSPS) is 18.3. The van der Waals surface area contributed by atoms with Gasteiger partial charge in [-0.1, -0.05) is 0 Å². The van der Waals surface area contributed by atoms with Crippen molar-refractivity contribution < 1.29 is 27.9 Å². The van der Waals surface area contributed by atoms with E-state index in [2.05, 4.69) is 4.98 Å². The molecule has 0 N–H and O–H groups in total. The molecule has 1 saturated heterocycles. The van der Waals surface area contributed by atoms with Gasteiger partial charge < -0.3 is 23.5 Å². The van der Waals surface area contributed by atoms with Gasteiger partial charge in [-0.15, -0.1) is 0 Å². The Hall–Kier alpha value is -1.90. The van der Waals surface area contributed by atoms with E-state index in [-0.39, 0.29) is 12.7 Å². The van der Waals surface area contributed by atoms with Crippen LogP contribution in [0, 0.1) is 0 Å². The molecule has 3 rings (SSSR count). The Kier molecular flexibility index (Phi) is 5.10. The van der Waals surface area contributed by atoms with E-state index in [0.717, 1.165) is 10.8 Å². The number of pyridine rings is 1. The summed E-state index contributed by atoms with van der Waals surface area (Å²) >= 11 is 0. The SMILES string of the molecule is COCOc1cc2nc(OCF)ccc2cc1B1OC(C)(C)C(C)(C)O1. The number of fused-ring (bicyclic) bond motifs is 1. The molecule has 2 heterocycles. The second-order valence-corrected chi connectivity index (χ2v) is 7.12. The summed E-state index contributed by atoms with van der Waals surface area (Å²) in [4.78, 5) is 4.29. The van der Waals surface area contributed by atoms with Crippen molar-refractivity contribution in [1.82, 2.24) is 4.98 Å². The molecular weight excluding hydrogens is 340 g/mol. The monoisotopic (exact) mass is 363 g/mol. The number of alkyl halides is 1. The number of nitrogens with zero attached hydrogens (tertiary/aromatic N) is 1. The van der Waals surface area contributed by atoms with Gasteiger partial charge in [0, 0.05) is 30.1 Å². The zero-order valence-electron chi connectivity index (χ0n) is 15.7. The molecule has 0 unspecified atom stereocenters. The number of hydrogen-bond acceptors (Lipinski definition) is 6. The van der Waals surface area contributed by atoms with Crippen LogP contribution in [0.4, 0.5) is 4.39 Å². The molecule has 1 fully saturated rings. The van der Waals surface area contributed by atoms with E-state index in [9.17, 15) is 4.39 Å². The predicted molar refractivity (Wildman–Crippen MR) is 96.6 cm³/mol. The Morgan fingerprint density at radius 2 is 1.77 bits per heavy atom. The fourth-order valence-corrected chi connectivity index (χ4v) is 2.69. The zero-order valence-corrected chi connectivity index (χ0v) is 15.7. The van der Waals surface area contributed by atoms with Crippen molar-refractivity contribution in [2.24, 2.45) is 0 Å². The standard InChI is InChI=1S/C18H23BFNO5/c1-17(2)18(3,4)26-19(25-17)13-8-12-6-7-16(23-10-20)21-14(12)9-15(13)24-11-22-5/h6-9H,10-11H2,1-5H3. The minimum absolute atomic E-state index is 0.0681. The van der Waals surface area contributed by atoms with Gasteiger partial charge in [0.25, 0.3) is 0 Å². The van der Waals surface area contributed by atoms with Gasteiger partial charge in [-0.2, -0.15) is 0 Å². The minimum atomic E-state index is -0.933. The molecule has 0 bridgehead atoms. The van der Waals surface area contributed by atoms with E-state index in [1.165, 1.54) is 0 Å². The third kappa shape index (κ3) is 3.49. The van der Waals surface area contributed by atoms with Crippen LogP contribution in [0.5, 0.6) is 11.6 Å². The van der Waals surface area contributed by atoms with E-state index in [1.807, 2.05) is 39.8 Å². The number of benzene rings is 1. The maximum absolute atomic E-state index is 12.4. The highest BCUT2D eigenvalue weighted by atomic mass is 19.1. The molecule has 8 heteroatoms. The lowest BCUT2D eigenvalue weighted by molar-refractivity contribution is 0.00578. The Labute approximate surface area is 152 Å². The van der Waals surface area contributed by atoms with Crippen molar-refractivity contribution in [2.75, 3.05) is 20.8 Å². The van der Waals surface area contributed by atoms with E-state index in [4.69, 9.17) is 23.5 Å². The molecule has 140 valence electrons. The van der Waals surface area contributed by atoms with Gasteiger partial charge in [0.05, 0.1) is 16.7 Å². The summed E-state index contributed by atoms with van der Waals surface area (Å²) < 4.78 is 40.2. The zero-order chi connectivity index (χ0) is 18.9. The van der Waals surface area contributed by atoms with E-state index in [0.29, 0.717) is 11.3 Å². The Balaban J connectivity index is 2.04. The Morgan fingerprint density at radius 3 is 2.38 bits per heavy atom. The van der Waals surface area contributed by atoms with Gasteiger partial charge in [-0.25, -0.2) is 9.37 Å². The Morgan fingerprint density at radius 1 is 1.08 bits per heavy atom. The van der Waals surface area contributed by atoms with E-state index >= 15 is 0 Å². The second-order valence-electron chi connectivity index (χ2n) is 7.12. The van der Waals surface area contributed by atoms with Crippen molar-refractivity contribution in [3.05, 3.63) is 24.3 Å². The molecule has 0 atom stereocenters. The van der Waals surface area contributed by atoms with Crippen LogP contribution in [-0.4, -0.2) is 44.1 Å². The molecular formula is C18H23BFNO5. The van der Waals surface area contributed by atoms with Gasteiger partial charge >= 0.3 is 7.12 Å². The highest BCUT2D eigenvalue weighted by Gasteiger charge is 2.52. The molecule has 0 spiro atoms. The van der Waals surface area contributed by atoms with Crippen LogP contribution in [-0.2, 0) is 14.0 Å². The first-order valence-electron chi connectivity index (χ1n) is 8.38. The maximum Gasteiger partial charge on any atom is 0.498 e. The quantitative estimate of drug-likeness (QED) is 0.581. The summed E-state index contributed by atoms with van der Waals surface area (Å²) in [7, 11) is 0.957. The number of hydrogen-bond donors (Lipinski definition) is 0. The first kappa shape index (κ1) is 18.9. The predicted octanol–water partition coefficient (Wildman–Crippen LogP) is 2.82. The first-order valence-corrected chi connectivity index (χ1v) is 8.38. The lowest BCUT2D eigenvalue weighted by Gasteiger charge is -2.32. The number of methoxy groups -OCH3 is 1. The average Bonchev–Trinajstić information content (AvgIpc) is 2.80. The maximum atomic E-state index is 12.4. The summed E-state index contributed by atoms with van der Waals surface area (Å²) in [5.41, 5.74) is 0.418. The fourth-order valence-electron chi connectivity index (χ4n) is 2.69. The van der Waals surface area contributed by atoms with E-state index < -0.39 is 25.2 Å². The molecule has 1 aromatic carbocycles. The van der Waals surface area contributed by atoms with Crippen LogP contribution in [0.1, 0.15) is 27.7 Å². The number of ether oxygens (including phenoxy) is 3. The molecule has 1 aliphatic heterocycles. The van der Waals surface area contributed by atoms with Crippen molar-refractivity contribution in [2.45, 2.75) is 38.9 Å². The number of aromatic nitrogens is 1. The van der Waals surface area contributed by atoms with Crippen molar-refractivity contribution in [1.29, 1.82) is 0 Å². The summed E-state index contributed by atoms with van der Waals surface area (Å²) in [6, 6.07) is 7.07. The number of halogens is 1. The van der Waals surface area contributed by atoms with Crippen LogP contribution in [0.15, 0.2) is 24.3 Å². The summed E-state index contributed by atoms with van der Waals surface area (Å²) in [5.74, 6) is 0.740. The molecule has 0 amide bonds. The van der Waals surface area contributed by atoms with Crippen LogP contribution < -0.4 is 14.9 Å². The second kappa shape index (κ2) is 7.02. The summed E-state index contributed by atoms with van der Waals surface area (Å²) in [5, 5.41) is 0.839. The molecule has 1 aliphatic rings. The molecule has 0 radical (unpaired) electrons. The van der Waals surface area contributed by atoms with Crippen LogP contribution in [0.3, 0.4) is 0 Å². The highest BCUT2D eigenvalue weighted by Crippen LogP contribution is 2.37. The first-order chi connectivity index (χ1) is 12.3. The fraction of sp³-hybridized carbons (Fsp3) is 0.500. The third-order valence-electron chi connectivity index (χ3n) is 4.84. The van der Waals surface area contributed by atoms with Crippen molar-refractivity contribution in [3.8, 4) is 11.6 Å². The lowest BCUT2D eigenvalue weighted by atomic mass is 9.77. The summed E-state index contributed by atoms with van der Waals surface area (Å²) in [6.45, 7) is 7.10. The van der Waals surface area contributed by atoms with Gasteiger partial charge in [-0.05, 0) is 39.8 Å². The van der Waals surface area contributed by atoms with Crippen molar-refractivity contribution in [3.63, 3.8) is 0 Å². The smallest absolute Gasteiger partial charge is 0.468 e. The third-order valence-corrected chi connectivity index (χ3v) is 4.84. The molecule has 2 aromatic rings.